The molecule has 0 radical (unpaired) electrons. The SMILES string of the molecule is O=S(=O)(N1CCN(Cc2ccncc2)CC1)N1C[C@H]2CC[C@H]1C2. The van der Waals surface area contributed by atoms with Gasteiger partial charge in [0.2, 0.25) is 0 Å². The van der Waals surface area contributed by atoms with Crippen LogP contribution in [0, 0.1) is 5.92 Å². The summed E-state index contributed by atoms with van der Waals surface area (Å²) in [6.07, 6.45) is 6.93. The first kappa shape index (κ1) is 15.5. The summed E-state index contributed by atoms with van der Waals surface area (Å²) in [6.45, 7) is 4.39. The Labute approximate surface area is 138 Å². The summed E-state index contributed by atoms with van der Waals surface area (Å²) in [4.78, 5) is 6.35. The lowest BCUT2D eigenvalue weighted by Gasteiger charge is -2.37. The molecule has 7 heteroatoms. The Morgan fingerprint density at radius 3 is 2.43 bits per heavy atom. The van der Waals surface area contributed by atoms with Crippen molar-refractivity contribution < 1.29 is 8.42 Å². The Morgan fingerprint density at radius 1 is 1.09 bits per heavy atom. The second-order valence-corrected chi connectivity index (χ2v) is 8.82. The fourth-order valence-corrected chi connectivity index (χ4v) is 6.06. The highest BCUT2D eigenvalue weighted by Crippen LogP contribution is 2.39. The topological polar surface area (TPSA) is 56.8 Å². The molecule has 2 atom stereocenters. The van der Waals surface area contributed by atoms with Crippen LogP contribution < -0.4 is 0 Å². The van der Waals surface area contributed by atoms with Crippen LogP contribution in [0.15, 0.2) is 24.5 Å². The summed E-state index contributed by atoms with van der Waals surface area (Å²) < 4.78 is 29.2. The third-order valence-corrected chi connectivity index (χ3v) is 7.53. The third kappa shape index (κ3) is 3.03. The van der Waals surface area contributed by atoms with Gasteiger partial charge in [0.1, 0.15) is 0 Å². The maximum absolute atomic E-state index is 12.9. The zero-order chi connectivity index (χ0) is 15.9. The number of pyridine rings is 1. The number of nitrogens with zero attached hydrogens (tertiary/aromatic N) is 4. The minimum absolute atomic E-state index is 0.264. The summed E-state index contributed by atoms with van der Waals surface area (Å²) in [6, 6.07) is 4.30. The van der Waals surface area contributed by atoms with Crippen molar-refractivity contribution in [2.45, 2.75) is 31.8 Å². The highest BCUT2D eigenvalue weighted by Gasteiger charge is 2.46. The van der Waals surface area contributed by atoms with Crippen LogP contribution in [0.25, 0.3) is 0 Å². The largest absolute Gasteiger partial charge is 0.296 e. The van der Waals surface area contributed by atoms with E-state index in [0.717, 1.165) is 39.0 Å². The molecule has 3 fully saturated rings. The summed E-state index contributed by atoms with van der Waals surface area (Å²) in [5.74, 6) is 0.600. The number of hydrogen-bond donors (Lipinski definition) is 0. The van der Waals surface area contributed by atoms with E-state index in [9.17, 15) is 8.42 Å². The Balaban J connectivity index is 1.36. The van der Waals surface area contributed by atoms with Crippen LogP contribution in [0.1, 0.15) is 24.8 Å². The van der Waals surface area contributed by atoms with Crippen molar-refractivity contribution in [2.24, 2.45) is 5.92 Å². The van der Waals surface area contributed by atoms with Crippen molar-refractivity contribution in [1.82, 2.24) is 18.5 Å². The second-order valence-electron chi connectivity index (χ2n) is 6.94. The molecule has 23 heavy (non-hydrogen) atoms. The van der Waals surface area contributed by atoms with E-state index in [1.54, 1.807) is 21.0 Å². The van der Waals surface area contributed by atoms with Gasteiger partial charge >= 0.3 is 0 Å². The van der Waals surface area contributed by atoms with Crippen molar-refractivity contribution in [3.05, 3.63) is 30.1 Å². The molecule has 0 spiro atoms. The van der Waals surface area contributed by atoms with Gasteiger partial charge < -0.3 is 0 Å². The quantitative estimate of drug-likeness (QED) is 0.821. The molecule has 2 bridgehead atoms. The Hall–Kier alpha value is -1.02. The molecule has 0 amide bonds. The molecular weight excluding hydrogens is 312 g/mol. The molecule has 1 aliphatic carbocycles. The number of piperazine rings is 1. The van der Waals surface area contributed by atoms with Gasteiger partial charge in [-0.3, -0.25) is 9.88 Å². The number of fused-ring (bicyclic) bond motifs is 2. The van der Waals surface area contributed by atoms with Gasteiger partial charge in [0.05, 0.1) is 0 Å². The van der Waals surface area contributed by atoms with E-state index >= 15 is 0 Å². The van der Waals surface area contributed by atoms with Crippen LogP contribution in [0.3, 0.4) is 0 Å². The monoisotopic (exact) mass is 336 g/mol. The first-order valence-corrected chi connectivity index (χ1v) is 9.91. The molecule has 1 saturated carbocycles. The van der Waals surface area contributed by atoms with Crippen molar-refractivity contribution in [3.8, 4) is 0 Å². The summed E-state index contributed by atoms with van der Waals surface area (Å²) in [7, 11) is -3.26. The van der Waals surface area contributed by atoms with E-state index in [1.807, 2.05) is 12.1 Å². The predicted molar refractivity (Wildman–Crippen MR) is 87.8 cm³/mol. The maximum atomic E-state index is 12.9. The van der Waals surface area contributed by atoms with Gasteiger partial charge in [-0.1, -0.05) is 0 Å². The van der Waals surface area contributed by atoms with E-state index < -0.39 is 10.2 Å². The summed E-state index contributed by atoms with van der Waals surface area (Å²) in [5, 5.41) is 0. The lowest BCUT2D eigenvalue weighted by molar-refractivity contribution is 0.172. The predicted octanol–water partition coefficient (Wildman–Crippen LogP) is 0.928. The van der Waals surface area contributed by atoms with Crippen LogP contribution >= 0.6 is 0 Å². The van der Waals surface area contributed by atoms with Crippen molar-refractivity contribution in [1.29, 1.82) is 0 Å². The molecule has 1 aromatic heterocycles. The minimum atomic E-state index is -3.26. The van der Waals surface area contributed by atoms with Gasteiger partial charge in [-0.05, 0) is 42.9 Å². The molecule has 0 unspecified atom stereocenters. The molecular formula is C16H24N4O2S. The van der Waals surface area contributed by atoms with Gasteiger partial charge in [-0.15, -0.1) is 0 Å². The lowest BCUT2D eigenvalue weighted by atomic mass is 10.1. The zero-order valence-electron chi connectivity index (χ0n) is 13.3. The van der Waals surface area contributed by atoms with Crippen LogP contribution in [0.5, 0.6) is 0 Å². The Bertz CT molecular complexity index is 643. The van der Waals surface area contributed by atoms with Crippen LogP contribution in [0.4, 0.5) is 0 Å². The third-order valence-electron chi connectivity index (χ3n) is 5.47. The van der Waals surface area contributed by atoms with Crippen molar-refractivity contribution in [2.75, 3.05) is 32.7 Å². The van der Waals surface area contributed by atoms with Gasteiger partial charge in [-0.25, -0.2) is 0 Å². The van der Waals surface area contributed by atoms with E-state index in [4.69, 9.17) is 0 Å². The van der Waals surface area contributed by atoms with Gasteiger partial charge in [0.15, 0.2) is 0 Å². The molecule has 6 nitrogen and oxygen atoms in total. The number of hydrogen-bond acceptors (Lipinski definition) is 4. The molecule has 126 valence electrons. The first-order chi connectivity index (χ1) is 11.1. The van der Waals surface area contributed by atoms with E-state index in [0.29, 0.717) is 19.0 Å². The average Bonchev–Trinajstić information content (AvgIpc) is 3.20. The summed E-state index contributed by atoms with van der Waals surface area (Å²) >= 11 is 0. The van der Waals surface area contributed by atoms with Crippen LogP contribution in [-0.4, -0.2) is 65.7 Å². The number of rotatable bonds is 4. The lowest BCUT2D eigenvalue weighted by Crippen LogP contribution is -2.54. The maximum Gasteiger partial charge on any atom is 0.282 e. The van der Waals surface area contributed by atoms with E-state index in [1.165, 1.54) is 12.0 Å². The molecule has 2 saturated heterocycles. The number of piperidine rings is 1. The second kappa shape index (κ2) is 6.12. The van der Waals surface area contributed by atoms with E-state index in [2.05, 4.69) is 9.88 Å². The first-order valence-electron chi connectivity index (χ1n) is 8.51. The van der Waals surface area contributed by atoms with Gasteiger partial charge in [-0.2, -0.15) is 17.0 Å². The van der Waals surface area contributed by atoms with Gasteiger partial charge in [0, 0.05) is 57.7 Å². The molecule has 2 aliphatic heterocycles. The highest BCUT2D eigenvalue weighted by atomic mass is 32.2. The van der Waals surface area contributed by atoms with Gasteiger partial charge in [0.25, 0.3) is 10.2 Å². The fraction of sp³-hybridized carbons (Fsp3) is 0.688. The summed E-state index contributed by atoms with van der Waals surface area (Å²) in [5.41, 5.74) is 1.23. The molecule has 0 aromatic carbocycles. The van der Waals surface area contributed by atoms with Crippen molar-refractivity contribution >= 4 is 10.2 Å². The zero-order valence-corrected chi connectivity index (χ0v) is 14.2. The molecule has 1 aromatic rings. The minimum Gasteiger partial charge on any atom is -0.296 e. The standard InChI is InChI=1S/C16H24N4O2S/c21-23(22,20-13-15-1-2-16(20)11-15)19-9-7-18(8-10-19)12-14-3-5-17-6-4-14/h3-6,15-16H,1-2,7-13H2/t15-,16-/m0/s1. The fourth-order valence-electron chi connectivity index (χ4n) is 4.18. The smallest absolute Gasteiger partial charge is 0.282 e. The molecule has 3 heterocycles. The van der Waals surface area contributed by atoms with Crippen LogP contribution in [-0.2, 0) is 16.8 Å². The normalized spacial score (nSPS) is 30.1. The van der Waals surface area contributed by atoms with Crippen molar-refractivity contribution in [3.63, 3.8) is 0 Å². The molecule has 0 N–H and O–H groups in total. The Kier molecular flexibility index (Phi) is 4.13. The Morgan fingerprint density at radius 2 is 1.83 bits per heavy atom. The average molecular weight is 336 g/mol. The highest BCUT2D eigenvalue weighted by molar-refractivity contribution is 7.86. The number of aromatic nitrogens is 1. The molecule has 4 rings (SSSR count). The molecule has 3 aliphatic rings. The van der Waals surface area contributed by atoms with Crippen LogP contribution in [0.2, 0.25) is 0 Å². The van der Waals surface area contributed by atoms with E-state index in [-0.39, 0.29) is 6.04 Å².